The topological polar surface area (TPSA) is 138 Å². The minimum Gasteiger partial charge on any atom is -0.478 e. The third-order valence-corrected chi connectivity index (χ3v) is 4.59. The summed E-state index contributed by atoms with van der Waals surface area (Å²) in [4.78, 5) is 44.9. The van der Waals surface area contributed by atoms with E-state index in [2.05, 4.69) is 0 Å². The molecule has 0 saturated heterocycles. The van der Waals surface area contributed by atoms with Crippen molar-refractivity contribution >= 4 is 34.8 Å². The monoisotopic (exact) mass is 468 g/mol. The van der Waals surface area contributed by atoms with Gasteiger partial charge in [0.1, 0.15) is 12.2 Å². The lowest BCUT2D eigenvalue weighted by Crippen LogP contribution is -2.24. The molecular weight excluding hydrogens is 440 g/mol. The summed E-state index contributed by atoms with van der Waals surface area (Å²) in [5.74, 6) is -1.65. The van der Waals surface area contributed by atoms with Crippen molar-refractivity contribution in [2.75, 3.05) is 0 Å². The lowest BCUT2D eigenvalue weighted by Gasteiger charge is -2.18. The summed E-state index contributed by atoms with van der Waals surface area (Å²) in [6, 6.07) is 13.4. The van der Waals surface area contributed by atoms with Gasteiger partial charge in [-0.3, -0.25) is 14.2 Å². The number of nitrogens with zero attached hydrogens (tertiary/aromatic N) is 1. The molecule has 0 unspecified atom stereocenters. The Bertz CT molecular complexity index is 1180. The van der Waals surface area contributed by atoms with Gasteiger partial charge in [-0.15, -0.1) is 0 Å². The van der Waals surface area contributed by atoms with E-state index in [0.29, 0.717) is 16.8 Å². The normalized spacial score (nSPS) is 10.7. The molecule has 0 spiro atoms. The summed E-state index contributed by atoms with van der Waals surface area (Å²) < 4.78 is 11.4. The Morgan fingerprint density at radius 2 is 1.68 bits per heavy atom. The molecular formula is C25H28N2O7. The third kappa shape index (κ3) is 6.68. The Balaban J connectivity index is 0.000000241. The van der Waals surface area contributed by atoms with Crippen LogP contribution in [0.3, 0.4) is 0 Å². The highest BCUT2D eigenvalue weighted by atomic mass is 16.7. The molecule has 0 aliphatic heterocycles. The van der Waals surface area contributed by atoms with E-state index < -0.39 is 23.6 Å². The zero-order valence-corrected chi connectivity index (χ0v) is 19.7. The molecule has 0 aliphatic carbocycles. The van der Waals surface area contributed by atoms with E-state index in [1.54, 1.807) is 52.0 Å². The van der Waals surface area contributed by atoms with Gasteiger partial charge in [0.15, 0.2) is 0 Å². The molecule has 180 valence electrons. The summed E-state index contributed by atoms with van der Waals surface area (Å²) >= 11 is 0. The number of fused-ring (bicyclic) bond motifs is 1. The van der Waals surface area contributed by atoms with Crippen LogP contribution in [0.1, 0.15) is 64.5 Å². The predicted octanol–water partition coefficient (Wildman–Crippen LogP) is 4.55. The molecule has 0 bridgehead atoms. The van der Waals surface area contributed by atoms with Crippen LogP contribution in [0, 0.1) is 6.92 Å². The SMILES string of the molecule is CC(=O)n1c(C)c(C(N)=O)c2ccccc21.CC(C)(C)OC(=O)OCc1cccc(C(=O)O)c1. The molecule has 3 aromatic rings. The van der Waals surface area contributed by atoms with Crippen molar-refractivity contribution in [2.24, 2.45) is 5.73 Å². The van der Waals surface area contributed by atoms with Crippen LogP contribution in [0.2, 0.25) is 0 Å². The molecule has 34 heavy (non-hydrogen) atoms. The van der Waals surface area contributed by atoms with Crippen LogP contribution in [0.5, 0.6) is 0 Å². The molecule has 1 aromatic heterocycles. The Hall–Kier alpha value is -4.14. The average Bonchev–Trinajstić information content (AvgIpc) is 3.03. The second-order valence-corrected chi connectivity index (χ2v) is 8.45. The van der Waals surface area contributed by atoms with Crippen molar-refractivity contribution in [2.45, 2.75) is 46.8 Å². The van der Waals surface area contributed by atoms with Gasteiger partial charge < -0.3 is 20.3 Å². The number of carboxylic acids is 1. The van der Waals surface area contributed by atoms with Crippen LogP contribution in [0.15, 0.2) is 48.5 Å². The number of carboxylic acid groups (broad SMARTS) is 1. The summed E-state index contributed by atoms with van der Waals surface area (Å²) in [7, 11) is 0. The van der Waals surface area contributed by atoms with Crippen molar-refractivity contribution < 1.29 is 33.8 Å². The number of carbonyl (C=O) groups excluding carboxylic acids is 3. The number of nitrogens with two attached hydrogens (primary N) is 1. The Morgan fingerprint density at radius 3 is 2.24 bits per heavy atom. The minimum atomic E-state index is -1.02. The summed E-state index contributed by atoms with van der Waals surface area (Å²) in [5, 5.41) is 9.53. The fraction of sp³-hybridized carbons (Fsp3) is 0.280. The molecule has 9 nitrogen and oxygen atoms in total. The van der Waals surface area contributed by atoms with E-state index in [4.69, 9.17) is 20.3 Å². The van der Waals surface area contributed by atoms with Gasteiger partial charge in [0.05, 0.1) is 16.6 Å². The Labute approximate surface area is 197 Å². The van der Waals surface area contributed by atoms with E-state index >= 15 is 0 Å². The van der Waals surface area contributed by atoms with E-state index in [9.17, 15) is 19.2 Å². The molecule has 3 rings (SSSR count). The number of aromatic nitrogens is 1. The number of rotatable bonds is 4. The van der Waals surface area contributed by atoms with Gasteiger partial charge in [-0.25, -0.2) is 9.59 Å². The number of amides is 1. The second kappa shape index (κ2) is 10.7. The summed E-state index contributed by atoms with van der Waals surface area (Å²) in [6.45, 7) is 8.37. The molecule has 0 radical (unpaired) electrons. The Kier molecular flexibility index (Phi) is 8.18. The number of para-hydroxylation sites is 1. The minimum absolute atomic E-state index is 0.0178. The molecule has 2 aromatic carbocycles. The molecule has 0 aliphatic rings. The maximum absolute atomic E-state index is 11.5. The molecule has 1 amide bonds. The number of benzene rings is 2. The largest absolute Gasteiger partial charge is 0.509 e. The molecule has 9 heteroatoms. The highest BCUT2D eigenvalue weighted by Crippen LogP contribution is 2.25. The summed E-state index contributed by atoms with van der Waals surface area (Å²) in [6.07, 6.45) is -0.775. The maximum Gasteiger partial charge on any atom is 0.509 e. The summed E-state index contributed by atoms with van der Waals surface area (Å²) in [5.41, 5.74) is 7.21. The van der Waals surface area contributed by atoms with E-state index in [-0.39, 0.29) is 18.1 Å². The quantitative estimate of drug-likeness (QED) is 0.536. The molecule has 0 fully saturated rings. The standard InChI is InChI=1S/C13H16O5.C12H12N2O2/c1-13(2,3)18-12(16)17-8-9-5-4-6-10(7-9)11(14)15;1-7-11(12(13)16)9-5-3-4-6-10(9)14(7)8(2)15/h4-7H,8H2,1-3H3,(H,14,15);3-6H,1-2H3,(H2,13,16). The molecule has 0 saturated carbocycles. The number of hydrogen-bond donors (Lipinski definition) is 2. The van der Waals surface area contributed by atoms with Crippen LogP contribution in [-0.2, 0) is 16.1 Å². The van der Waals surface area contributed by atoms with E-state index in [1.165, 1.54) is 23.6 Å². The smallest absolute Gasteiger partial charge is 0.478 e. The molecule has 3 N–H and O–H groups in total. The van der Waals surface area contributed by atoms with Gasteiger partial charge in [-0.1, -0.05) is 30.3 Å². The molecule has 1 heterocycles. The van der Waals surface area contributed by atoms with Crippen LogP contribution in [0.4, 0.5) is 4.79 Å². The van der Waals surface area contributed by atoms with Gasteiger partial charge in [0, 0.05) is 18.0 Å². The number of aromatic carboxylic acids is 1. The van der Waals surface area contributed by atoms with Gasteiger partial charge in [0.25, 0.3) is 5.91 Å². The lowest BCUT2D eigenvalue weighted by atomic mass is 10.1. The number of ether oxygens (including phenoxy) is 2. The first-order valence-corrected chi connectivity index (χ1v) is 10.4. The van der Waals surface area contributed by atoms with Crippen molar-refractivity contribution in [3.8, 4) is 0 Å². The highest BCUT2D eigenvalue weighted by molar-refractivity contribution is 6.10. The first-order valence-electron chi connectivity index (χ1n) is 10.4. The first kappa shape index (κ1) is 26.1. The van der Waals surface area contributed by atoms with Crippen LogP contribution in [0.25, 0.3) is 10.9 Å². The van der Waals surface area contributed by atoms with Gasteiger partial charge in [-0.05, 0) is 51.5 Å². The third-order valence-electron chi connectivity index (χ3n) is 4.59. The first-order chi connectivity index (χ1) is 15.8. The second-order valence-electron chi connectivity index (χ2n) is 8.45. The van der Waals surface area contributed by atoms with Crippen LogP contribution < -0.4 is 5.73 Å². The lowest BCUT2D eigenvalue weighted by molar-refractivity contribution is -0.0108. The van der Waals surface area contributed by atoms with Crippen LogP contribution >= 0.6 is 0 Å². The maximum atomic E-state index is 11.5. The van der Waals surface area contributed by atoms with Crippen molar-refractivity contribution in [3.63, 3.8) is 0 Å². The van der Waals surface area contributed by atoms with Crippen LogP contribution in [-0.4, -0.2) is 39.2 Å². The molecule has 0 atom stereocenters. The van der Waals surface area contributed by atoms with Crippen molar-refractivity contribution in [3.05, 3.63) is 70.9 Å². The van der Waals surface area contributed by atoms with E-state index in [1.807, 2.05) is 12.1 Å². The van der Waals surface area contributed by atoms with E-state index in [0.717, 1.165) is 10.9 Å². The number of carbonyl (C=O) groups is 4. The van der Waals surface area contributed by atoms with Gasteiger partial charge in [0.2, 0.25) is 5.91 Å². The van der Waals surface area contributed by atoms with Gasteiger partial charge >= 0.3 is 12.1 Å². The van der Waals surface area contributed by atoms with Crippen molar-refractivity contribution in [1.29, 1.82) is 0 Å². The zero-order chi connectivity index (χ0) is 25.6. The average molecular weight is 469 g/mol. The van der Waals surface area contributed by atoms with Gasteiger partial charge in [-0.2, -0.15) is 0 Å². The van der Waals surface area contributed by atoms with Crippen molar-refractivity contribution in [1.82, 2.24) is 4.57 Å². The number of hydrogen-bond acceptors (Lipinski definition) is 6. The fourth-order valence-electron chi connectivity index (χ4n) is 3.30. The fourth-order valence-corrected chi connectivity index (χ4v) is 3.30. The zero-order valence-electron chi connectivity index (χ0n) is 19.7. The Morgan fingerprint density at radius 1 is 1.03 bits per heavy atom. The predicted molar refractivity (Wildman–Crippen MR) is 126 cm³/mol. The number of primary amides is 1. The highest BCUT2D eigenvalue weighted by Gasteiger charge is 2.19.